The molecule has 0 N–H and O–H groups in total. The van der Waals surface area contributed by atoms with Crippen LogP contribution >= 0.6 is 0 Å². The third-order valence-electron chi connectivity index (χ3n) is 2.90. The van der Waals surface area contributed by atoms with E-state index in [2.05, 4.69) is 0 Å². The predicted octanol–water partition coefficient (Wildman–Crippen LogP) is 3.89. The van der Waals surface area contributed by atoms with Crippen molar-refractivity contribution in [3.8, 4) is 11.8 Å². The maximum absolute atomic E-state index is 13.7. The molecule has 0 unspecified atom stereocenters. The Morgan fingerprint density at radius 1 is 1.16 bits per heavy atom. The van der Waals surface area contributed by atoms with E-state index in [1.807, 2.05) is 38.1 Å². The summed E-state index contributed by atoms with van der Waals surface area (Å²) < 4.78 is 19.3. The van der Waals surface area contributed by atoms with Crippen molar-refractivity contribution in [3.05, 3.63) is 64.5 Å². The summed E-state index contributed by atoms with van der Waals surface area (Å²) in [6, 6.07) is 12.1. The first-order valence-corrected chi connectivity index (χ1v) is 5.99. The van der Waals surface area contributed by atoms with E-state index in [0.717, 1.165) is 16.9 Å². The second-order valence-corrected chi connectivity index (χ2v) is 4.48. The number of hydrogen-bond acceptors (Lipinski definition) is 2. The molecule has 0 atom stereocenters. The Morgan fingerprint density at radius 2 is 1.95 bits per heavy atom. The molecule has 0 amide bonds. The summed E-state index contributed by atoms with van der Waals surface area (Å²) in [6.45, 7) is 4.12. The molecular formula is C16H14FNO. The van der Waals surface area contributed by atoms with E-state index in [1.54, 1.807) is 12.1 Å². The molecule has 2 rings (SSSR count). The van der Waals surface area contributed by atoms with Gasteiger partial charge in [-0.05, 0) is 37.6 Å². The summed E-state index contributed by atoms with van der Waals surface area (Å²) in [4.78, 5) is 0. The topological polar surface area (TPSA) is 33.0 Å². The zero-order valence-corrected chi connectivity index (χ0v) is 10.9. The van der Waals surface area contributed by atoms with Gasteiger partial charge in [0.1, 0.15) is 18.2 Å². The summed E-state index contributed by atoms with van der Waals surface area (Å²) in [5.74, 6) is 0.332. The van der Waals surface area contributed by atoms with Crippen LogP contribution in [0, 0.1) is 31.0 Å². The molecule has 0 aromatic heterocycles. The summed E-state index contributed by atoms with van der Waals surface area (Å²) in [6.07, 6.45) is 0. The van der Waals surface area contributed by atoms with Gasteiger partial charge >= 0.3 is 0 Å². The standard InChI is InChI=1S/C16H14FNO/c1-11-3-6-16(12(2)7-11)19-10-14-5-4-13(9-18)8-15(14)17/h3-8H,10H2,1-2H3. The van der Waals surface area contributed by atoms with Crippen molar-refractivity contribution in [2.24, 2.45) is 0 Å². The Balaban J connectivity index is 2.13. The lowest BCUT2D eigenvalue weighted by Gasteiger charge is -2.10. The summed E-state index contributed by atoms with van der Waals surface area (Å²) >= 11 is 0. The number of benzene rings is 2. The zero-order chi connectivity index (χ0) is 13.8. The van der Waals surface area contributed by atoms with E-state index in [4.69, 9.17) is 10.00 Å². The quantitative estimate of drug-likeness (QED) is 0.833. The third-order valence-corrected chi connectivity index (χ3v) is 2.90. The third kappa shape index (κ3) is 3.11. The van der Waals surface area contributed by atoms with E-state index in [-0.39, 0.29) is 6.61 Å². The lowest BCUT2D eigenvalue weighted by molar-refractivity contribution is 0.298. The van der Waals surface area contributed by atoms with Gasteiger partial charge in [0.05, 0.1) is 11.6 Å². The Bertz CT molecular complexity index is 644. The highest BCUT2D eigenvalue weighted by Crippen LogP contribution is 2.21. The molecular weight excluding hydrogens is 241 g/mol. The highest BCUT2D eigenvalue weighted by atomic mass is 19.1. The van der Waals surface area contributed by atoms with E-state index in [0.29, 0.717) is 11.1 Å². The van der Waals surface area contributed by atoms with Crippen molar-refractivity contribution in [3.63, 3.8) is 0 Å². The average molecular weight is 255 g/mol. The van der Waals surface area contributed by atoms with Crippen molar-refractivity contribution in [1.29, 1.82) is 5.26 Å². The van der Waals surface area contributed by atoms with Crippen LogP contribution in [0.25, 0.3) is 0 Å². The van der Waals surface area contributed by atoms with Crippen LogP contribution in [0.15, 0.2) is 36.4 Å². The van der Waals surface area contributed by atoms with E-state index in [9.17, 15) is 4.39 Å². The summed E-state index contributed by atoms with van der Waals surface area (Å²) in [5.41, 5.74) is 2.94. The fourth-order valence-electron chi connectivity index (χ4n) is 1.85. The van der Waals surface area contributed by atoms with Gasteiger partial charge in [0, 0.05) is 5.56 Å². The van der Waals surface area contributed by atoms with Gasteiger partial charge in [-0.2, -0.15) is 5.26 Å². The predicted molar refractivity (Wildman–Crippen MR) is 71.4 cm³/mol. The minimum absolute atomic E-state index is 0.154. The van der Waals surface area contributed by atoms with Gasteiger partial charge in [-0.15, -0.1) is 0 Å². The molecule has 96 valence electrons. The first-order chi connectivity index (χ1) is 9.10. The molecule has 0 heterocycles. The van der Waals surface area contributed by atoms with Crippen LogP contribution < -0.4 is 4.74 Å². The molecule has 2 nitrogen and oxygen atoms in total. The molecule has 0 spiro atoms. The number of nitrogens with zero attached hydrogens (tertiary/aromatic N) is 1. The molecule has 0 saturated heterocycles. The smallest absolute Gasteiger partial charge is 0.131 e. The number of hydrogen-bond donors (Lipinski definition) is 0. The molecule has 0 aliphatic rings. The van der Waals surface area contributed by atoms with Crippen LogP contribution in [0.4, 0.5) is 4.39 Å². The molecule has 0 radical (unpaired) electrons. The lowest BCUT2D eigenvalue weighted by atomic mass is 10.1. The second kappa shape index (κ2) is 5.53. The van der Waals surface area contributed by atoms with Crippen molar-refractivity contribution >= 4 is 0 Å². The molecule has 0 saturated carbocycles. The van der Waals surface area contributed by atoms with E-state index >= 15 is 0 Å². The average Bonchev–Trinajstić information content (AvgIpc) is 2.39. The molecule has 3 heteroatoms. The molecule has 0 bridgehead atoms. The first-order valence-electron chi connectivity index (χ1n) is 5.99. The number of aryl methyl sites for hydroxylation is 2. The molecule has 0 fully saturated rings. The second-order valence-electron chi connectivity index (χ2n) is 4.48. The maximum atomic E-state index is 13.7. The van der Waals surface area contributed by atoms with Crippen molar-refractivity contribution in [1.82, 2.24) is 0 Å². The lowest BCUT2D eigenvalue weighted by Crippen LogP contribution is -2.00. The van der Waals surface area contributed by atoms with Gasteiger partial charge in [-0.25, -0.2) is 4.39 Å². The highest BCUT2D eigenvalue weighted by Gasteiger charge is 2.06. The summed E-state index contributed by atoms with van der Waals surface area (Å²) in [5, 5.41) is 8.68. The minimum atomic E-state index is -0.413. The van der Waals surface area contributed by atoms with Crippen LogP contribution in [0.3, 0.4) is 0 Å². The van der Waals surface area contributed by atoms with Crippen LogP contribution in [0.1, 0.15) is 22.3 Å². The number of halogens is 1. The monoisotopic (exact) mass is 255 g/mol. The summed E-state index contributed by atoms with van der Waals surface area (Å²) in [7, 11) is 0. The van der Waals surface area contributed by atoms with Gasteiger partial charge in [-0.1, -0.05) is 23.8 Å². The van der Waals surface area contributed by atoms with Crippen LogP contribution in [-0.2, 0) is 6.61 Å². The largest absolute Gasteiger partial charge is 0.489 e. The fourth-order valence-corrected chi connectivity index (χ4v) is 1.85. The van der Waals surface area contributed by atoms with Gasteiger partial charge in [0.25, 0.3) is 0 Å². The first kappa shape index (κ1) is 13.1. The molecule has 0 aliphatic heterocycles. The van der Waals surface area contributed by atoms with Crippen molar-refractivity contribution in [2.75, 3.05) is 0 Å². The molecule has 2 aromatic rings. The maximum Gasteiger partial charge on any atom is 0.131 e. The Kier molecular flexibility index (Phi) is 3.82. The highest BCUT2D eigenvalue weighted by molar-refractivity contribution is 5.36. The molecule has 2 aromatic carbocycles. The van der Waals surface area contributed by atoms with Gasteiger partial charge in [-0.3, -0.25) is 0 Å². The van der Waals surface area contributed by atoms with Crippen molar-refractivity contribution in [2.45, 2.75) is 20.5 Å². The zero-order valence-electron chi connectivity index (χ0n) is 10.9. The van der Waals surface area contributed by atoms with Gasteiger partial charge < -0.3 is 4.74 Å². The minimum Gasteiger partial charge on any atom is -0.489 e. The van der Waals surface area contributed by atoms with Crippen LogP contribution in [-0.4, -0.2) is 0 Å². The van der Waals surface area contributed by atoms with Crippen LogP contribution in [0.2, 0.25) is 0 Å². The molecule has 0 aliphatic carbocycles. The molecule has 19 heavy (non-hydrogen) atoms. The van der Waals surface area contributed by atoms with E-state index in [1.165, 1.54) is 6.07 Å². The SMILES string of the molecule is Cc1ccc(OCc2ccc(C#N)cc2F)c(C)c1. The van der Waals surface area contributed by atoms with Crippen molar-refractivity contribution < 1.29 is 9.13 Å². The normalized spacial score (nSPS) is 10.0. The number of nitriles is 1. The van der Waals surface area contributed by atoms with Gasteiger partial charge in [0.15, 0.2) is 0 Å². The number of ether oxygens (including phenoxy) is 1. The Labute approximate surface area is 112 Å². The Hall–Kier alpha value is -2.34. The van der Waals surface area contributed by atoms with E-state index < -0.39 is 5.82 Å². The fraction of sp³-hybridized carbons (Fsp3) is 0.188. The van der Waals surface area contributed by atoms with Crippen LogP contribution in [0.5, 0.6) is 5.75 Å². The number of rotatable bonds is 3. The Morgan fingerprint density at radius 3 is 2.58 bits per heavy atom. The van der Waals surface area contributed by atoms with Gasteiger partial charge in [0.2, 0.25) is 0 Å².